The van der Waals surface area contributed by atoms with Crippen LogP contribution in [0.3, 0.4) is 0 Å². The van der Waals surface area contributed by atoms with Crippen LogP contribution in [0.2, 0.25) is 0 Å². The second-order valence-electron chi connectivity index (χ2n) is 4.21. The summed E-state index contributed by atoms with van der Waals surface area (Å²) in [5.41, 5.74) is 0. The lowest BCUT2D eigenvalue weighted by Gasteiger charge is -2.21. The maximum Gasteiger partial charge on any atom is 0.304 e. The molecule has 0 bridgehead atoms. The Morgan fingerprint density at radius 2 is 2.56 bits per heavy atom. The predicted octanol–water partition coefficient (Wildman–Crippen LogP) is 1.89. The molecule has 2 heterocycles. The zero-order valence-electron chi connectivity index (χ0n) is 9.35. The van der Waals surface area contributed by atoms with Crippen molar-refractivity contribution < 1.29 is 9.90 Å². The van der Waals surface area contributed by atoms with Gasteiger partial charge in [0.2, 0.25) is 0 Å². The van der Waals surface area contributed by atoms with E-state index >= 15 is 0 Å². The molecule has 1 fully saturated rings. The highest BCUT2D eigenvalue weighted by atomic mass is 32.1. The number of aryl methyl sites for hydroxylation is 1. The van der Waals surface area contributed by atoms with Gasteiger partial charge >= 0.3 is 5.97 Å². The van der Waals surface area contributed by atoms with E-state index in [9.17, 15) is 4.79 Å². The van der Waals surface area contributed by atoms with Crippen LogP contribution in [-0.4, -0.2) is 33.5 Å². The SMILES string of the molecule is Cc1ncc(CN2CCCC2CC(=O)O)s1. The van der Waals surface area contributed by atoms with Crippen LogP contribution in [0, 0.1) is 6.92 Å². The molecule has 88 valence electrons. The van der Waals surface area contributed by atoms with Crippen molar-refractivity contribution in [3.8, 4) is 0 Å². The molecule has 1 unspecified atom stereocenters. The van der Waals surface area contributed by atoms with E-state index in [-0.39, 0.29) is 12.5 Å². The van der Waals surface area contributed by atoms with Gasteiger partial charge in [0.1, 0.15) is 0 Å². The van der Waals surface area contributed by atoms with Gasteiger partial charge in [0.25, 0.3) is 0 Å². The van der Waals surface area contributed by atoms with Gasteiger partial charge in [-0.2, -0.15) is 0 Å². The number of carbonyl (C=O) groups is 1. The Kier molecular flexibility index (Phi) is 3.56. The van der Waals surface area contributed by atoms with Crippen LogP contribution in [0.4, 0.5) is 0 Å². The molecule has 4 nitrogen and oxygen atoms in total. The summed E-state index contributed by atoms with van der Waals surface area (Å²) in [6.07, 6.45) is 4.27. The highest BCUT2D eigenvalue weighted by molar-refractivity contribution is 7.11. The van der Waals surface area contributed by atoms with Gasteiger partial charge in [0, 0.05) is 23.7 Å². The highest BCUT2D eigenvalue weighted by Crippen LogP contribution is 2.24. The Labute approximate surface area is 98.9 Å². The Bertz CT molecular complexity index is 378. The van der Waals surface area contributed by atoms with Gasteiger partial charge in [0.05, 0.1) is 11.4 Å². The van der Waals surface area contributed by atoms with Crippen molar-refractivity contribution in [2.24, 2.45) is 0 Å². The lowest BCUT2D eigenvalue weighted by molar-refractivity contribution is -0.138. The second kappa shape index (κ2) is 4.93. The van der Waals surface area contributed by atoms with Crippen LogP contribution < -0.4 is 0 Å². The van der Waals surface area contributed by atoms with Crippen LogP contribution in [0.25, 0.3) is 0 Å². The summed E-state index contributed by atoms with van der Waals surface area (Å²) < 4.78 is 0. The molecule has 1 saturated heterocycles. The summed E-state index contributed by atoms with van der Waals surface area (Å²) in [7, 11) is 0. The molecule has 1 aliphatic rings. The van der Waals surface area contributed by atoms with Gasteiger partial charge in [-0.1, -0.05) is 0 Å². The third-order valence-electron chi connectivity index (χ3n) is 2.94. The van der Waals surface area contributed by atoms with Crippen LogP contribution in [0.15, 0.2) is 6.20 Å². The molecule has 1 N–H and O–H groups in total. The molecular weight excluding hydrogens is 224 g/mol. The van der Waals surface area contributed by atoms with Gasteiger partial charge in [-0.25, -0.2) is 4.98 Å². The molecule has 16 heavy (non-hydrogen) atoms. The first kappa shape index (κ1) is 11.5. The van der Waals surface area contributed by atoms with Gasteiger partial charge in [0.15, 0.2) is 0 Å². The van der Waals surface area contributed by atoms with Crippen molar-refractivity contribution in [1.29, 1.82) is 0 Å². The fourth-order valence-electron chi connectivity index (χ4n) is 2.21. The van der Waals surface area contributed by atoms with Gasteiger partial charge < -0.3 is 5.11 Å². The van der Waals surface area contributed by atoms with E-state index in [0.29, 0.717) is 0 Å². The minimum absolute atomic E-state index is 0.208. The zero-order chi connectivity index (χ0) is 11.5. The molecule has 0 aromatic carbocycles. The number of hydrogen-bond donors (Lipinski definition) is 1. The molecule has 1 atom stereocenters. The number of rotatable bonds is 4. The van der Waals surface area contributed by atoms with Gasteiger partial charge in [-0.3, -0.25) is 9.69 Å². The molecular formula is C11H16N2O2S. The molecule has 5 heteroatoms. The Hall–Kier alpha value is -0.940. The van der Waals surface area contributed by atoms with Crippen molar-refractivity contribution >= 4 is 17.3 Å². The van der Waals surface area contributed by atoms with Crippen molar-refractivity contribution in [3.05, 3.63) is 16.1 Å². The number of carboxylic acid groups (broad SMARTS) is 1. The molecule has 0 radical (unpaired) electrons. The van der Waals surface area contributed by atoms with E-state index < -0.39 is 5.97 Å². The van der Waals surface area contributed by atoms with Crippen LogP contribution >= 0.6 is 11.3 Å². The van der Waals surface area contributed by atoms with Gasteiger partial charge in [-0.15, -0.1) is 11.3 Å². The van der Waals surface area contributed by atoms with Crippen molar-refractivity contribution in [3.63, 3.8) is 0 Å². The standard InChI is InChI=1S/C11H16N2O2S/c1-8-12-6-10(16-8)7-13-4-2-3-9(13)5-11(14)15/h6,9H,2-5,7H2,1H3,(H,14,15). The summed E-state index contributed by atoms with van der Waals surface area (Å²) >= 11 is 1.70. The van der Waals surface area contributed by atoms with E-state index in [2.05, 4.69) is 9.88 Å². The van der Waals surface area contributed by atoms with Gasteiger partial charge in [-0.05, 0) is 26.3 Å². The molecule has 2 rings (SSSR count). The quantitative estimate of drug-likeness (QED) is 0.873. The first-order valence-electron chi connectivity index (χ1n) is 5.52. The average molecular weight is 240 g/mol. The van der Waals surface area contributed by atoms with E-state index in [1.54, 1.807) is 11.3 Å². The molecule has 1 aromatic rings. The lowest BCUT2D eigenvalue weighted by atomic mass is 10.1. The Morgan fingerprint density at radius 1 is 1.75 bits per heavy atom. The molecule has 0 aliphatic carbocycles. The maximum atomic E-state index is 10.7. The summed E-state index contributed by atoms with van der Waals surface area (Å²) in [4.78, 5) is 18.4. The molecule has 1 aliphatic heterocycles. The summed E-state index contributed by atoms with van der Waals surface area (Å²) in [5, 5.41) is 9.90. The van der Waals surface area contributed by atoms with Crippen LogP contribution in [0.1, 0.15) is 29.1 Å². The largest absolute Gasteiger partial charge is 0.481 e. The number of aromatic nitrogens is 1. The topological polar surface area (TPSA) is 53.4 Å². The van der Waals surface area contributed by atoms with Crippen LogP contribution in [-0.2, 0) is 11.3 Å². The molecule has 1 aromatic heterocycles. The molecule has 0 amide bonds. The second-order valence-corrected chi connectivity index (χ2v) is 5.53. The maximum absolute atomic E-state index is 10.7. The fraction of sp³-hybridized carbons (Fsp3) is 0.636. The summed E-state index contributed by atoms with van der Waals surface area (Å²) in [6.45, 7) is 3.85. The first-order chi connectivity index (χ1) is 7.65. The molecule has 0 spiro atoms. The first-order valence-corrected chi connectivity index (χ1v) is 6.34. The minimum atomic E-state index is -0.697. The zero-order valence-corrected chi connectivity index (χ0v) is 10.2. The Balaban J connectivity index is 1.95. The van der Waals surface area contributed by atoms with Crippen LogP contribution in [0.5, 0.6) is 0 Å². The van der Waals surface area contributed by atoms with E-state index in [4.69, 9.17) is 5.11 Å². The van der Waals surface area contributed by atoms with Crippen molar-refractivity contribution in [2.45, 2.75) is 38.8 Å². The van der Waals surface area contributed by atoms with E-state index in [0.717, 1.165) is 30.9 Å². The Morgan fingerprint density at radius 3 is 3.19 bits per heavy atom. The third kappa shape index (κ3) is 2.80. The number of aliphatic carboxylic acids is 1. The van der Waals surface area contributed by atoms with Crippen molar-refractivity contribution in [2.75, 3.05) is 6.54 Å². The number of likely N-dealkylation sites (tertiary alicyclic amines) is 1. The number of hydrogen-bond acceptors (Lipinski definition) is 4. The minimum Gasteiger partial charge on any atom is -0.481 e. The van der Waals surface area contributed by atoms with E-state index in [1.165, 1.54) is 4.88 Å². The predicted molar refractivity (Wildman–Crippen MR) is 62.5 cm³/mol. The summed E-state index contributed by atoms with van der Waals surface area (Å²) in [6, 6.07) is 0.208. The number of carboxylic acids is 1. The smallest absolute Gasteiger partial charge is 0.304 e. The summed E-state index contributed by atoms with van der Waals surface area (Å²) in [5.74, 6) is -0.697. The van der Waals surface area contributed by atoms with E-state index in [1.807, 2.05) is 13.1 Å². The number of nitrogens with zero attached hydrogens (tertiary/aromatic N) is 2. The van der Waals surface area contributed by atoms with Crippen molar-refractivity contribution in [1.82, 2.24) is 9.88 Å². The monoisotopic (exact) mass is 240 g/mol. The normalized spacial score (nSPS) is 21.4. The average Bonchev–Trinajstić information content (AvgIpc) is 2.77. The third-order valence-corrected chi connectivity index (χ3v) is 3.83. The highest BCUT2D eigenvalue weighted by Gasteiger charge is 2.26. The molecule has 0 saturated carbocycles. The number of thiazole rings is 1. The lowest BCUT2D eigenvalue weighted by Crippen LogP contribution is -2.30. The fourth-order valence-corrected chi connectivity index (χ4v) is 3.04.